The number of carbonyl (C=O) groups is 2. The highest BCUT2D eigenvalue weighted by molar-refractivity contribution is 6.30. The van der Waals surface area contributed by atoms with Crippen molar-refractivity contribution in [3.8, 4) is 0 Å². The topological polar surface area (TPSA) is 76.0 Å². The molecule has 0 saturated heterocycles. The molecule has 0 atom stereocenters. The number of nitrogens with zero attached hydrogens (tertiary/aromatic N) is 2. The average Bonchev–Trinajstić information content (AvgIpc) is 3.15. The van der Waals surface area contributed by atoms with E-state index in [2.05, 4.69) is 10.6 Å². The summed E-state index contributed by atoms with van der Waals surface area (Å²) in [6.45, 7) is 0.669. The molecule has 2 amide bonds. The molecule has 4 rings (SSSR count). The lowest BCUT2D eigenvalue weighted by atomic mass is 10.2. The van der Waals surface area contributed by atoms with E-state index in [1.54, 1.807) is 24.3 Å². The molecule has 0 unspecified atom stereocenters. The Hall–Kier alpha value is -3.64. The maximum Gasteiger partial charge on any atom is 0.251 e. The Labute approximate surface area is 191 Å². The van der Waals surface area contributed by atoms with E-state index in [4.69, 9.17) is 16.6 Å². The molecule has 4 aromatic rings. The number of hydrogen-bond donors (Lipinski definition) is 2. The van der Waals surface area contributed by atoms with Crippen molar-refractivity contribution in [1.29, 1.82) is 0 Å². The van der Waals surface area contributed by atoms with Crippen LogP contribution in [0, 0.1) is 0 Å². The molecule has 7 heteroatoms. The van der Waals surface area contributed by atoms with E-state index in [9.17, 15) is 9.59 Å². The van der Waals surface area contributed by atoms with E-state index in [1.807, 2.05) is 59.2 Å². The molecule has 0 aliphatic carbocycles. The number of fused-ring (bicyclic) bond motifs is 1. The number of carbonyl (C=O) groups excluding carboxylic acids is 2. The van der Waals surface area contributed by atoms with E-state index >= 15 is 0 Å². The second-order valence-corrected chi connectivity index (χ2v) is 7.82. The monoisotopic (exact) mass is 446 g/mol. The van der Waals surface area contributed by atoms with E-state index in [0.29, 0.717) is 30.0 Å². The highest BCUT2D eigenvalue weighted by Crippen LogP contribution is 2.18. The third kappa shape index (κ3) is 5.34. The molecule has 1 aromatic heterocycles. The van der Waals surface area contributed by atoms with Crippen LogP contribution in [0.2, 0.25) is 5.02 Å². The maximum absolute atomic E-state index is 12.6. The molecule has 0 aliphatic rings. The number of aromatic nitrogens is 2. The molecular weight excluding hydrogens is 424 g/mol. The molecule has 0 bridgehead atoms. The van der Waals surface area contributed by atoms with Gasteiger partial charge in [-0.25, -0.2) is 4.98 Å². The first-order valence-electron chi connectivity index (χ1n) is 10.4. The minimum absolute atomic E-state index is 0.114. The van der Waals surface area contributed by atoms with Gasteiger partial charge in [0.2, 0.25) is 5.91 Å². The molecule has 2 N–H and O–H groups in total. The van der Waals surface area contributed by atoms with Crippen molar-refractivity contribution in [1.82, 2.24) is 14.9 Å². The third-order valence-electron chi connectivity index (χ3n) is 5.06. The SMILES string of the molecule is O=C(Cn1c(CCCNC(=O)c2ccc(Cl)cc2)nc2ccccc21)Nc1ccccc1. The zero-order valence-corrected chi connectivity index (χ0v) is 18.2. The number of aryl methyl sites for hydroxylation is 1. The number of imidazole rings is 1. The fraction of sp³-hybridized carbons (Fsp3) is 0.160. The number of halogens is 1. The van der Waals surface area contributed by atoms with Gasteiger partial charge in [-0.2, -0.15) is 0 Å². The fourth-order valence-corrected chi connectivity index (χ4v) is 3.64. The van der Waals surface area contributed by atoms with Crippen LogP contribution in [-0.2, 0) is 17.8 Å². The molecule has 32 heavy (non-hydrogen) atoms. The van der Waals surface area contributed by atoms with Gasteiger partial charge in [0.05, 0.1) is 11.0 Å². The van der Waals surface area contributed by atoms with Crippen molar-refractivity contribution in [3.05, 3.63) is 95.3 Å². The molecule has 0 fully saturated rings. The molecule has 0 saturated carbocycles. The minimum atomic E-state index is -0.141. The number of nitrogens with one attached hydrogen (secondary N) is 2. The summed E-state index contributed by atoms with van der Waals surface area (Å²) in [7, 11) is 0. The average molecular weight is 447 g/mol. The summed E-state index contributed by atoms with van der Waals surface area (Å²) in [5.74, 6) is 0.559. The summed E-state index contributed by atoms with van der Waals surface area (Å²) >= 11 is 5.87. The van der Waals surface area contributed by atoms with Crippen LogP contribution in [0.15, 0.2) is 78.9 Å². The Bertz CT molecular complexity index is 1220. The first-order valence-corrected chi connectivity index (χ1v) is 10.8. The van der Waals surface area contributed by atoms with Gasteiger partial charge in [-0.15, -0.1) is 0 Å². The summed E-state index contributed by atoms with van der Waals surface area (Å²) in [4.78, 5) is 29.6. The first-order chi connectivity index (χ1) is 15.6. The predicted octanol–water partition coefficient (Wildman–Crippen LogP) is 4.69. The molecule has 3 aromatic carbocycles. The predicted molar refractivity (Wildman–Crippen MR) is 127 cm³/mol. The quantitative estimate of drug-likeness (QED) is 0.385. The summed E-state index contributed by atoms with van der Waals surface area (Å²) in [6.07, 6.45) is 1.33. The van der Waals surface area contributed by atoms with Gasteiger partial charge < -0.3 is 15.2 Å². The standard InChI is InChI=1S/C25H23ClN4O2/c26-19-14-12-18(13-15-19)25(32)27-16-6-11-23-29-21-9-4-5-10-22(21)30(23)17-24(31)28-20-7-2-1-3-8-20/h1-5,7-10,12-15H,6,11,16-17H2,(H,27,32)(H,28,31). The van der Waals surface area contributed by atoms with Gasteiger partial charge in [-0.05, 0) is 55.0 Å². The molecular formula is C25H23ClN4O2. The van der Waals surface area contributed by atoms with Crippen LogP contribution in [0.3, 0.4) is 0 Å². The Morgan fingerprint density at radius 3 is 2.41 bits per heavy atom. The van der Waals surface area contributed by atoms with Gasteiger partial charge in [-0.1, -0.05) is 41.9 Å². The van der Waals surface area contributed by atoms with Gasteiger partial charge in [0.1, 0.15) is 12.4 Å². The van der Waals surface area contributed by atoms with Gasteiger partial charge in [0.25, 0.3) is 5.91 Å². The van der Waals surface area contributed by atoms with Crippen molar-refractivity contribution < 1.29 is 9.59 Å². The summed E-state index contributed by atoms with van der Waals surface area (Å²) in [5.41, 5.74) is 3.09. The van der Waals surface area contributed by atoms with Crippen LogP contribution in [0.4, 0.5) is 5.69 Å². The van der Waals surface area contributed by atoms with Gasteiger partial charge >= 0.3 is 0 Å². The molecule has 1 heterocycles. The highest BCUT2D eigenvalue weighted by atomic mass is 35.5. The molecule has 0 spiro atoms. The minimum Gasteiger partial charge on any atom is -0.352 e. The summed E-state index contributed by atoms with van der Waals surface area (Å²) in [6, 6.07) is 23.9. The summed E-state index contributed by atoms with van der Waals surface area (Å²) in [5, 5.41) is 6.43. The smallest absolute Gasteiger partial charge is 0.251 e. The van der Waals surface area contributed by atoms with E-state index < -0.39 is 0 Å². The maximum atomic E-state index is 12.6. The number of hydrogen-bond acceptors (Lipinski definition) is 3. The van der Waals surface area contributed by atoms with Crippen molar-refractivity contribution in [3.63, 3.8) is 0 Å². The Morgan fingerprint density at radius 2 is 1.62 bits per heavy atom. The van der Waals surface area contributed by atoms with E-state index in [-0.39, 0.29) is 18.4 Å². The number of para-hydroxylation sites is 3. The lowest BCUT2D eigenvalue weighted by Gasteiger charge is -2.10. The largest absolute Gasteiger partial charge is 0.352 e. The van der Waals surface area contributed by atoms with Crippen LogP contribution in [0.5, 0.6) is 0 Å². The van der Waals surface area contributed by atoms with Gasteiger partial charge in [-0.3, -0.25) is 9.59 Å². The fourth-order valence-electron chi connectivity index (χ4n) is 3.51. The van der Waals surface area contributed by atoms with Gasteiger partial charge in [0.15, 0.2) is 0 Å². The lowest BCUT2D eigenvalue weighted by Crippen LogP contribution is -2.25. The second kappa shape index (κ2) is 10.1. The number of rotatable bonds is 8. The number of benzene rings is 3. The molecule has 0 aliphatic heterocycles. The van der Waals surface area contributed by atoms with Gasteiger partial charge in [0, 0.05) is 29.2 Å². The van der Waals surface area contributed by atoms with E-state index in [0.717, 1.165) is 22.5 Å². The van der Waals surface area contributed by atoms with Crippen LogP contribution in [0.25, 0.3) is 11.0 Å². The molecule has 162 valence electrons. The summed E-state index contributed by atoms with van der Waals surface area (Å²) < 4.78 is 1.94. The zero-order chi connectivity index (χ0) is 22.3. The number of amides is 2. The normalized spacial score (nSPS) is 10.8. The molecule has 0 radical (unpaired) electrons. The van der Waals surface area contributed by atoms with Crippen LogP contribution in [0.1, 0.15) is 22.6 Å². The van der Waals surface area contributed by atoms with Crippen LogP contribution < -0.4 is 10.6 Å². The first kappa shape index (κ1) is 21.6. The van der Waals surface area contributed by atoms with Crippen molar-refractivity contribution in [2.75, 3.05) is 11.9 Å². The van der Waals surface area contributed by atoms with Crippen molar-refractivity contribution in [2.45, 2.75) is 19.4 Å². The molecule has 6 nitrogen and oxygen atoms in total. The van der Waals surface area contributed by atoms with Crippen molar-refractivity contribution >= 4 is 40.1 Å². The van der Waals surface area contributed by atoms with Crippen molar-refractivity contribution in [2.24, 2.45) is 0 Å². The third-order valence-corrected chi connectivity index (χ3v) is 5.31. The van der Waals surface area contributed by atoms with Crippen LogP contribution >= 0.6 is 11.6 Å². The Kier molecular flexibility index (Phi) is 6.82. The second-order valence-electron chi connectivity index (χ2n) is 7.38. The lowest BCUT2D eigenvalue weighted by molar-refractivity contribution is -0.116. The van der Waals surface area contributed by atoms with Crippen LogP contribution in [-0.4, -0.2) is 27.9 Å². The Balaban J connectivity index is 1.40. The Morgan fingerprint density at radius 1 is 0.906 bits per heavy atom. The highest BCUT2D eigenvalue weighted by Gasteiger charge is 2.14. The zero-order valence-electron chi connectivity index (χ0n) is 17.4. The van der Waals surface area contributed by atoms with E-state index in [1.165, 1.54) is 0 Å². The number of anilines is 1.